The third-order valence-corrected chi connectivity index (χ3v) is 7.43. The zero-order chi connectivity index (χ0) is 31.2. The second-order valence-electron chi connectivity index (χ2n) is 10.1. The van der Waals surface area contributed by atoms with Crippen molar-refractivity contribution in [3.63, 3.8) is 0 Å². The quantitative estimate of drug-likeness (QED) is 0.180. The first-order chi connectivity index (χ1) is 21.1. The number of carbonyl (C=O) groups excluding carboxylic acids is 1. The van der Waals surface area contributed by atoms with Crippen LogP contribution >= 0.6 is 0 Å². The maximum Gasteiger partial charge on any atom is 0.433 e. The number of alkyl halides is 3. The summed E-state index contributed by atoms with van der Waals surface area (Å²) in [5, 5.41) is 0.586. The summed E-state index contributed by atoms with van der Waals surface area (Å²) in [6.45, 7) is -0.255. The van der Waals surface area contributed by atoms with E-state index in [0.717, 1.165) is 29.5 Å². The molecular weight excluding hydrogens is 583 g/mol. The standard InChI is InChI=1S/C31H23F5N6O2/c1-41-26(17-6-4-3-5-7-17)20(25-29(41)37-16-38-30(25)44-2)9-11-24(43)42-13-12-19-23(15-42)39-28(40-27(19)31(34,35)36)18-8-10-21(32)22(33)14-18/h3-11,14,16H,12-13,15H2,1-2H3/b11-9+. The Kier molecular flexibility index (Phi) is 7.31. The van der Waals surface area contributed by atoms with Gasteiger partial charge in [-0.1, -0.05) is 30.3 Å². The second kappa shape index (κ2) is 11.1. The highest BCUT2D eigenvalue weighted by Gasteiger charge is 2.39. The molecule has 6 rings (SSSR count). The highest BCUT2D eigenvalue weighted by Crippen LogP contribution is 2.38. The lowest BCUT2D eigenvalue weighted by atomic mass is 10.0. The van der Waals surface area contributed by atoms with Gasteiger partial charge in [-0.2, -0.15) is 13.2 Å². The van der Waals surface area contributed by atoms with Crippen molar-refractivity contribution in [2.24, 2.45) is 7.05 Å². The average Bonchev–Trinajstić information content (AvgIpc) is 3.31. The number of aromatic nitrogens is 5. The molecule has 0 N–H and O–H groups in total. The molecular formula is C31H23F5N6O2. The number of benzene rings is 2. The van der Waals surface area contributed by atoms with Crippen LogP contribution in [0.2, 0.25) is 0 Å². The number of fused-ring (bicyclic) bond motifs is 2. The number of nitrogens with zero attached hydrogens (tertiary/aromatic N) is 6. The van der Waals surface area contributed by atoms with Gasteiger partial charge in [-0.25, -0.2) is 28.7 Å². The first-order valence-corrected chi connectivity index (χ1v) is 13.4. The molecule has 0 bridgehead atoms. The first kappa shape index (κ1) is 28.9. The fraction of sp³-hybridized carbons (Fsp3) is 0.194. The number of carbonyl (C=O) groups is 1. The fourth-order valence-corrected chi connectivity index (χ4v) is 5.40. The molecule has 0 atom stereocenters. The van der Waals surface area contributed by atoms with Crippen molar-refractivity contribution in [3.8, 4) is 28.5 Å². The molecule has 0 spiro atoms. The van der Waals surface area contributed by atoms with Gasteiger partial charge in [-0.3, -0.25) is 4.79 Å². The molecule has 0 fully saturated rings. The van der Waals surface area contributed by atoms with Crippen molar-refractivity contribution < 1.29 is 31.5 Å². The number of halogens is 5. The van der Waals surface area contributed by atoms with E-state index in [1.807, 2.05) is 41.9 Å². The van der Waals surface area contributed by atoms with Crippen LogP contribution in [0.5, 0.6) is 5.88 Å². The lowest BCUT2D eigenvalue weighted by Crippen LogP contribution is -2.37. The molecule has 0 aliphatic carbocycles. The van der Waals surface area contributed by atoms with E-state index in [4.69, 9.17) is 4.74 Å². The summed E-state index contributed by atoms with van der Waals surface area (Å²) in [6.07, 6.45) is -0.642. The zero-order valence-corrected chi connectivity index (χ0v) is 23.4. The summed E-state index contributed by atoms with van der Waals surface area (Å²) in [7, 11) is 3.31. The Morgan fingerprint density at radius 2 is 1.77 bits per heavy atom. The molecule has 1 aliphatic heterocycles. The summed E-state index contributed by atoms with van der Waals surface area (Å²) in [5.41, 5.74) is 1.36. The van der Waals surface area contributed by atoms with Gasteiger partial charge in [0.1, 0.15) is 12.0 Å². The van der Waals surface area contributed by atoms with Gasteiger partial charge in [-0.15, -0.1) is 0 Å². The fourth-order valence-electron chi connectivity index (χ4n) is 5.40. The predicted molar refractivity (Wildman–Crippen MR) is 151 cm³/mol. The minimum absolute atomic E-state index is 0.0132. The Labute approximate surface area is 247 Å². The second-order valence-corrected chi connectivity index (χ2v) is 10.1. The van der Waals surface area contributed by atoms with E-state index in [0.29, 0.717) is 22.5 Å². The minimum Gasteiger partial charge on any atom is -0.480 e. The van der Waals surface area contributed by atoms with E-state index in [1.165, 1.54) is 24.4 Å². The van der Waals surface area contributed by atoms with Gasteiger partial charge in [-0.05, 0) is 36.3 Å². The van der Waals surface area contributed by atoms with Crippen LogP contribution in [0.4, 0.5) is 22.0 Å². The van der Waals surface area contributed by atoms with Gasteiger partial charge in [0.05, 0.1) is 30.4 Å². The molecule has 8 nitrogen and oxygen atoms in total. The first-order valence-electron chi connectivity index (χ1n) is 13.4. The normalized spacial score (nSPS) is 13.5. The number of hydrogen-bond acceptors (Lipinski definition) is 6. The van der Waals surface area contributed by atoms with E-state index in [-0.39, 0.29) is 36.3 Å². The summed E-state index contributed by atoms with van der Waals surface area (Å²) < 4.78 is 76.8. The number of hydrogen-bond donors (Lipinski definition) is 0. The van der Waals surface area contributed by atoms with Crippen LogP contribution in [0.15, 0.2) is 60.9 Å². The number of rotatable bonds is 5. The number of methoxy groups -OCH3 is 1. The maximum absolute atomic E-state index is 14.0. The Morgan fingerprint density at radius 1 is 1.00 bits per heavy atom. The number of ether oxygens (including phenoxy) is 1. The highest BCUT2D eigenvalue weighted by molar-refractivity contribution is 6.02. The predicted octanol–water partition coefficient (Wildman–Crippen LogP) is 6.00. The molecule has 13 heteroatoms. The van der Waals surface area contributed by atoms with Crippen molar-refractivity contribution in [1.82, 2.24) is 29.4 Å². The van der Waals surface area contributed by atoms with Crippen molar-refractivity contribution in [2.45, 2.75) is 19.1 Å². The maximum atomic E-state index is 14.0. The van der Waals surface area contributed by atoms with Crippen LogP contribution in [0.1, 0.15) is 22.5 Å². The molecule has 5 aromatic rings. The van der Waals surface area contributed by atoms with Crippen LogP contribution in [-0.2, 0) is 31.0 Å². The molecule has 1 amide bonds. The Morgan fingerprint density at radius 3 is 2.48 bits per heavy atom. The molecule has 2 aromatic carbocycles. The zero-order valence-electron chi connectivity index (χ0n) is 23.4. The van der Waals surface area contributed by atoms with Crippen LogP contribution < -0.4 is 4.74 Å². The highest BCUT2D eigenvalue weighted by atomic mass is 19.4. The van der Waals surface area contributed by atoms with Crippen LogP contribution in [-0.4, -0.2) is 49.0 Å². The summed E-state index contributed by atoms with van der Waals surface area (Å²) in [5.74, 6) is -2.98. The minimum atomic E-state index is -4.82. The Hall–Kier alpha value is -5.20. The molecule has 3 aromatic heterocycles. The monoisotopic (exact) mass is 606 g/mol. The lowest BCUT2D eigenvalue weighted by molar-refractivity contribution is -0.142. The van der Waals surface area contributed by atoms with Gasteiger partial charge in [0.2, 0.25) is 11.8 Å². The molecule has 0 saturated carbocycles. The summed E-state index contributed by atoms with van der Waals surface area (Å²) >= 11 is 0. The van der Waals surface area contributed by atoms with E-state index in [1.54, 1.807) is 6.08 Å². The molecule has 44 heavy (non-hydrogen) atoms. The van der Waals surface area contributed by atoms with E-state index in [2.05, 4.69) is 19.9 Å². The SMILES string of the molecule is COc1ncnc2c1c(/C=C/C(=O)N1CCc3c(nc(-c4ccc(F)c(F)c4)nc3C(F)(F)F)C1)c(-c1ccccc1)n2C. The van der Waals surface area contributed by atoms with Crippen molar-refractivity contribution in [1.29, 1.82) is 0 Å². The Balaban J connectivity index is 1.38. The lowest BCUT2D eigenvalue weighted by Gasteiger charge is -2.29. The van der Waals surface area contributed by atoms with E-state index in [9.17, 15) is 26.7 Å². The third kappa shape index (κ3) is 5.14. The van der Waals surface area contributed by atoms with Crippen LogP contribution in [0.25, 0.3) is 39.8 Å². The van der Waals surface area contributed by atoms with Gasteiger partial charge >= 0.3 is 6.18 Å². The summed E-state index contributed by atoms with van der Waals surface area (Å²) in [6, 6.07) is 12.1. The molecule has 0 radical (unpaired) electrons. The average molecular weight is 607 g/mol. The van der Waals surface area contributed by atoms with Gasteiger partial charge in [0.25, 0.3) is 0 Å². The molecule has 0 unspecified atom stereocenters. The van der Waals surface area contributed by atoms with Crippen molar-refractivity contribution >= 4 is 23.0 Å². The smallest absolute Gasteiger partial charge is 0.433 e. The van der Waals surface area contributed by atoms with Crippen LogP contribution in [0, 0.1) is 11.6 Å². The molecule has 1 aliphatic rings. The molecule has 224 valence electrons. The topological polar surface area (TPSA) is 86.0 Å². The number of amides is 1. The van der Waals surface area contributed by atoms with Gasteiger partial charge in [0.15, 0.2) is 23.2 Å². The van der Waals surface area contributed by atoms with Crippen molar-refractivity contribution in [2.75, 3.05) is 13.7 Å². The van der Waals surface area contributed by atoms with Crippen LogP contribution in [0.3, 0.4) is 0 Å². The van der Waals surface area contributed by atoms with Gasteiger partial charge < -0.3 is 14.2 Å². The van der Waals surface area contributed by atoms with E-state index >= 15 is 0 Å². The summed E-state index contributed by atoms with van der Waals surface area (Å²) in [4.78, 5) is 31.4. The Bertz CT molecular complexity index is 1940. The van der Waals surface area contributed by atoms with Crippen molar-refractivity contribution in [3.05, 3.63) is 95.1 Å². The largest absolute Gasteiger partial charge is 0.480 e. The molecule has 4 heterocycles. The van der Waals surface area contributed by atoms with E-state index < -0.39 is 35.2 Å². The van der Waals surface area contributed by atoms with Gasteiger partial charge in [0, 0.05) is 36.4 Å². The third-order valence-electron chi connectivity index (χ3n) is 7.43. The molecule has 0 saturated heterocycles. The number of aryl methyl sites for hydroxylation is 1.